The van der Waals surface area contributed by atoms with Crippen molar-refractivity contribution in [3.05, 3.63) is 0 Å². The highest BCUT2D eigenvalue weighted by atomic mass is 16.4. The van der Waals surface area contributed by atoms with E-state index >= 15 is 0 Å². The van der Waals surface area contributed by atoms with Gasteiger partial charge in [0.15, 0.2) is 0 Å². The Morgan fingerprint density at radius 1 is 1.60 bits per heavy atom. The monoisotopic (exact) mass is 147 g/mol. The van der Waals surface area contributed by atoms with Gasteiger partial charge in [0.2, 0.25) is 0 Å². The minimum absolute atomic E-state index is 0.298. The van der Waals surface area contributed by atoms with E-state index in [4.69, 9.17) is 10.2 Å². The first kappa shape index (κ1) is 9.39. The van der Waals surface area contributed by atoms with Gasteiger partial charge in [0.05, 0.1) is 12.5 Å². The molecule has 0 aliphatic carbocycles. The average molecular weight is 147 g/mol. The first-order valence-electron chi connectivity index (χ1n) is 3.06. The number of hydrogen-bond donors (Lipinski definition) is 2. The lowest BCUT2D eigenvalue weighted by Crippen LogP contribution is -2.30. The van der Waals surface area contributed by atoms with Gasteiger partial charge in [0.25, 0.3) is 0 Å². The third-order valence-electron chi connectivity index (χ3n) is 1.16. The van der Waals surface area contributed by atoms with Crippen molar-refractivity contribution in [2.24, 2.45) is 5.92 Å². The predicted octanol–water partition coefficient (Wildman–Crippen LogP) is -0.759. The Kier molecular flexibility index (Phi) is 3.99. The van der Waals surface area contributed by atoms with Gasteiger partial charge in [0, 0.05) is 6.54 Å². The maximum Gasteiger partial charge on any atom is 0.310 e. The van der Waals surface area contributed by atoms with Crippen molar-refractivity contribution in [2.45, 2.75) is 0 Å². The molecule has 0 amide bonds. The van der Waals surface area contributed by atoms with Gasteiger partial charge >= 0.3 is 5.97 Å². The molecule has 4 nitrogen and oxygen atoms in total. The van der Waals surface area contributed by atoms with Crippen LogP contribution in [0.5, 0.6) is 0 Å². The van der Waals surface area contributed by atoms with Crippen LogP contribution in [0.1, 0.15) is 0 Å². The normalized spacial score (nSPS) is 13.6. The molecule has 4 heteroatoms. The summed E-state index contributed by atoms with van der Waals surface area (Å²) in [5, 5.41) is 17.0. The van der Waals surface area contributed by atoms with Crippen LogP contribution in [0.3, 0.4) is 0 Å². The molecule has 0 heterocycles. The van der Waals surface area contributed by atoms with Gasteiger partial charge in [-0.25, -0.2) is 0 Å². The predicted molar refractivity (Wildman–Crippen MR) is 36.8 cm³/mol. The molecule has 0 radical (unpaired) electrons. The van der Waals surface area contributed by atoms with Crippen LogP contribution in [-0.4, -0.2) is 48.3 Å². The highest BCUT2D eigenvalue weighted by Crippen LogP contribution is 1.95. The number of aliphatic hydroxyl groups is 1. The summed E-state index contributed by atoms with van der Waals surface area (Å²) in [7, 11) is 3.54. The first-order valence-corrected chi connectivity index (χ1v) is 3.06. The fourth-order valence-corrected chi connectivity index (χ4v) is 0.655. The summed E-state index contributed by atoms with van der Waals surface area (Å²) in [6.07, 6.45) is 0. The molecule has 0 spiro atoms. The topological polar surface area (TPSA) is 60.8 Å². The van der Waals surface area contributed by atoms with Gasteiger partial charge in [-0.05, 0) is 14.1 Å². The molecular weight excluding hydrogens is 134 g/mol. The van der Waals surface area contributed by atoms with Gasteiger partial charge < -0.3 is 15.1 Å². The SMILES string of the molecule is CN(C)CC(CO)C(=O)O. The Labute approximate surface area is 60.1 Å². The summed E-state index contributed by atoms with van der Waals surface area (Å²) in [5.41, 5.74) is 0. The highest BCUT2D eigenvalue weighted by molar-refractivity contribution is 5.70. The molecule has 0 saturated heterocycles. The van der Waals surface area contributed by atoms with E-state index in [2.05, 4.69) is 0 Å². The summed E-state index contributed by atoms with van der Waals surface area (Å²) in [4.78, 5) is 12.0. The summed E-state index contributed by atoms with van der Waals surface area (Å²) in [6.45, 7) is 0.0827. The Bertz CT molecular complexity index is 114. The zero-order valence-electron chi connectivity index (χ0n) is 6.24. The molecule has 0 aromatic carbocycles. The van der Waals surface area contributed by atoms with Crippen LogP contribution in [-0.2, 0) is 4.79 Å². The number of hydrogen-bond acceptors (Lipinski definition) is 3. The maximum atomic E-state index is 10.3. The number of aliphatic carboxylic acids is 1. The molecule has 10 heavy (non-hydrogen) atoms. The highest BCUT2D eigenvalue weighted by Gasteiger charge is 2.16. The Morgan fingerprint density at radius 3 is 2.20 bits per heavy atom. The minimum atomic E-state index is -0.948. The molecular formula is C6H13NO3. The van der Waals surface area contributed by atoms with E-state index in [1.165, 1.54) is 0 Å². The van der Waals surface area contributed by atoms with Crippen LogP contribution in [0.15, 0.2) is 0 Å². The van der Waals surface area contributed by atoms with Crippen LogP contribution in [0.4, 0.5) is 0 Å². The van der Waals surface area contributed by atoms with Crippen molar-refractivity contribution in [1.82, 2.24) is 4.90 Å². The van der Waals surface area contributed by atoms with Crippen molar-refractivity contribution in [1.29, 1.82) is 0 Å². The number of nitrogens with zero attached hydrogens (tertiary/aromatic N) is 1. The number of carboxylic acids is 1. The van der Waals surface area contributed by atoms with E-state index in [1.54, 1.807) is 19.0 Å². The molecule has 0 bridgehead atoms. The lowest BCUT2D eigenvalue weighted by atomic mass is 10.1. The molecule has 1 atom stereocenters. The largest absolute Gasteiger partial charge is 0.481 e. The summed E-state index contributed by atoms with van der Waals surface area (Å²) < 4.78 is 0. The van der Waals surface area contributed by atoms with Crippen LogP contribution < -0.4 is 0 Å². The zero-order chi connectivity index (χ0) is 8.15. The molecule has 0 aliphatic rings. The summed E-state index contributed by atoms with van der Waals surface area (Å²) in [5.74, 6) is -1.61. The second-order valence-corrected chi connectivity index (χ2v) is 2.48. The average Bonchev–Trinajstić information content (AvgIpc) is 1.81. The lowest BCUT2D eigenvalue weighted by molar-refractivity contribution is -0.143. The number of carboxylic acid groups (broad SMARTS) is 1. The van der Waals surface area contributed by atoms with Gasteiger partial charge in [-0.1, -0.05) is 0 Å². The van der Waals surface area contributed by atoms with Gasteiger partial charge in [0.1, 0.15) is 0 Å². The van der Waals surface area contributed by atoms with E-state index in [0.29, 0.717) is 6.54 Å². The second-order valence-electron chi connectivity index (χ2n) is 2.48. The van der Waals surface area contributed by atoms with Crippen molar-refractivity contribution in [3.8, 4) is 0 Å². The molecule has 0 aromatic heterocycles. The van der Waals surface area contributed by atoms with Crippen molar-refractivity contribution >= 4 is 5.97 Å². The smallest absolute Gasteiger partial charge is 0.310 e. The maximum absolute atomic E-state index is 10.3. The molecule has 0 aliphatic heterocycles. The fourth-order valence-electron chi connectivity index (χ4n) is 0.655. The molecule has 2 N–H and O–H groups in total. The number of aliphatic hydroxyl groups excluding tert-OH is 1. The summed E-state index contributed by atoms with van der Waals surface area (Å²) in [6, 6.07) is 0. The van der Waals surface area contributed by atoms with E-state index in [9.17, 15) is 4.79 Å². The van der Waals surface area contributed by atoms with Crippen molar-refractivity contribution in [3.63, 3.8) is 0 Å². The van der Waals surface area contributed by atoms with Crippen molar-refractivity contribution in [2.75, 3.05) is 27.2 Å². The van der Waals surface area contributed by atoms with E-state index in [-0.39, 0.29) is 6.61 Å². The van der Waals surface area contributed by atoms with Crippen LogP contribution in [0.25, 0.3) is 0 Å². The number of carbonyl (C=O) groups is 1. The quantitative estimate of drug-likeness (QED) is 0.548. The van der Waals surface area contributed by atoms with Crippen LogP contribution in [0, 0.1) is 5.92 Å². The molecule has 60 valence electrons. The standard InChI is InChI=1S/C6H13NO3/c1-7(2)3-5(4-8)6(9)10/h5,8H,3-4H2,1-2H3,(H,9,10). The Morgan fingerprint density at radius 2 is 2.10 bits per heavy atom. The third-order valence-corrected chi connectivity index (χ3v) is 1.16. The zero-order valence-corrected chi connectivity index (χ0v) is 6.24. The molecule has 0 rings (SSSR count). The van der Waals surface area contributed by atoms with Gasteiger partial charge in [-0.3, -0.25) is 4.79 Å². The Balaban J connectivity index is 3.72. The van der Waals surface area contributed by atoms with Crippen LogP contribution >= 0.6 is 0 Å². The molecule has 0 saturated carbocycles. The fraction of sp³-hybridized carbons (Fsp3) is 0.833. The second kappa shape index (κ2) is 4.24. The number of rotatable bonds is 4. The minimum Gasteiger partial charge on any atom is -0.481 e. The Hall–Kier alpha value is -0.610. The van der Waals surface area contributed by atoms with Crippen LogP contribution in [0.2, 0.25) is 0 Å². The molecule has 0 aromatic rings. The van der Waals surface area contributed by atoms with Crippen molar-refractivity contribution < 1.29 is 15.0 Å². The first-order chi connectivity index (χ1) is 4.57. The van der Waals surface area contributed by atoms with Gasteiger partial charge in [-0.2, -0.15) is 0 Å². The lowest BCUT2D eigenvalue weighted by Gasteiger charge is -2.14. The van der Waals surface area contributed by atoms with E-state index in [0.717, 1.165) is 0 Å². The van der Waals surface area contributed by atoms with E-state index in [1.807, 2.05) is 0 Å². The molecule has 0 fully saturated rings. The molecule has 1 unspecified atom stereocenters. The summed E-state index contributed by atoms with van der Waals surface area (Å²) >= 11 is 0. The third kappa shape index (κ3) is 3.42. The van der Waals surface area contributed by atoms with Gasteiger partial charge in [-0.15, -0.1) is 0 Å². The van der Waals surface area contributed by atoms with E-state index < -0.39 is 11.9 Å².